The van der Waals surface area contributed by atoms with E-state index in [9.17, 15) is 9.90 Å². The highest BCUT2D eigenvalue weighted by atomic mass is 32.2. The second-order valence-corrected chi connectivity index (χ2v) is 6.62. The molecule has 2 aromatic rings. The molecule has 0 radical (unpaired) electrons. The number of rotatable bonds is 6. The molecule has 0 aliphatic rings. The van der Waals surface area contributed by atoms with Crippen LogP contribution in [0.4, 0.5) is 0 Å². The molecule has 0 saturated carbocycles. The summed E-state index contributed by atoms with van der Waals surface area (Å²) in [4.78, 5) is 13.3. The summed E-state index contributed by atoms with van der Waals surface area (Å²) in [6.07, 6.45) is 0. The van der Waals surface area contributed by atoms with E-state index in [-0.39, 0.29) is 12.5 Å². The first-order valence-corrected chi connectivity index (χ1v) is 8.30. The van der Waals surface area contributed by atoms with Gasteiger partial charge in [-0.1, -0.05) is 43.3 Å². The smallest absolute Gasteiger partial charge is 0.251 e. The van der Waals surface area contributed by atoms with Crippen LogP contribution in [0.25, 0.3) is 0 Å². The van der Waals surface area contributed by atoms with E-state index in [1.807, 2.05) is 48.5 Å². The first kappa shape index (κ1) is 16.6. The predicted molar refractivity (Wildman–Crippen MR) is 91.2 cm³/mol. The van der Waals surface area contributed by atoms with Crippen LogP contribution in [-0.2, 0) is 5.60 Å². The lowest BCUT2D eigenvalue weighted by Gasteiger charge is -2.24. The lowest BCUT2D eigenvalue weighted by molar-refractivity contribution is 0.0526. The molecule has 3 nitrogen and oxygen atoms in total. The minimum absolute atomic E-state index is 0.168. The van der Waals surface area contributed by atoms with Crippen molar-refractivity contribution < 1.29 is 9.90 Å². The van der Waals surface area contributed by atoms with Crippen molar-refractivity contribution in [1.82, 2.24) is 5.32 Å². The van der Waals surface area contributed by atoms with Crippen molar-refractivity contribution in [2.45, 2.75) is 24.3 Å². The summed E-state index contributed by atoms with van der Waals surface area (Å²) in [5, 5.41) is 13.3. The minimum Gasteiger partial charge on any atom is -0.384 e. The molecule has 0 aliphatic heterocycles. The summed E-state index contributed by atoms with van der Waals surface area (Å²) < 4.78 is 0. The molecule has 0 bridgehead atoms. The molecule has 2 N–H and O–H groups in total. The van der Waals surface area contributed by atoms with E-state index in [1.54, 1.807) is 24.8 Å². The van der Waals surface area contributed by atoms with Crippen molar-refractivity contribution in [3.63, 3.8) is 0 Å². The zero-order valence-corrected chi connectivity index (χ0v) is 13.7. The van der Waals surface area contributed by atoms with Gasteiger partial charge in [0, 0.05) is 10.5 Å². The van der Waals surface area contributed by atoms with E-state index in [4.69, 9.17) is 0 Å². The third-order valence-corrected chi connectivity index (χ3v) is 4.27. The monoisotopic (exact) mass is 315 g/mol. The molecule has 116 valence electrons. The van der Waals surface area contributed by atoms with Gasteiger partial charge in [-0.15, -0.1) is 11.8 Å². The van der Waals surface area contributed by atoms with E-state index < -0.39 is 5.60 Å². The number of carbonyl (C=O) groups is 1. The van der Waals surface area contributed by atoms with Crippen molar-refractivity contribution >= 4 is 17.7 Å². The molecule has 0 fully saturated rings. The van der Waals surface area contributed by atoms with Gasteiger partial charge < -0.3 is 10.4 Å². The maximum atomic E-state index is 12.2. The normalized spacial score (nSPS) is 13.4. The standard InChI is InChI=1S/C18H21NO2S/c1-3-22-16-11-7-8-14(12-16)17(20)19-13-18(2,21)15-9-5-4-6-10-15/h4-12,21H,3,13H2,1-2H3,(H,19,20). The maximum Gasteiger partial charge on any atom is 0.251 e. The Morgan fingerprint density at radius 3 is 2.59 bits per heavy atom. The number of nitrogens with one attached hydrogen (secondary N) is 1. The molecule has 0 aliphatic carbocycles. The van der Waals surface area contributed by atoms with Crippen LogP contribution in [0.15, 0.2) is 59.5 Å². The summed E-state index contributed by atoms with van der Waals surface area (Å²) >= 11 is 1.70. The third kappa shape index (κ3) is 4.36. The number of amides is 1. The fourth-order valence-electron chi connectivity index (χ4n) is 2.15. The lowest BCUT2D eigenvalue weighted by atomic mass is 9.96. The zero-order valence-electron chi connectivity index (χ0n) is 12.9. The molecular weight excluding hydrogens is 294 g/mol. The Balaban J connectivity index is 2.02. The molecule has 0 heterocycles. The fraction of sp³-hybridized carbons (Fsp3) is 0.278. The summed E-state index contributed by atoms with van der Waals surface area (Å²) in [7, 11) is 0. The van der Waals surface area contributed by atoms with Crippen LogP contribution in [0, 0.1) is 0 Å². The predicted octanol–water partition coefficient (Wildman–Crippen LogP) is 3.44. The molecule has 1 atom stereocenters. The van der Waals surface area contributed by atoms with Gasteiger partial charge in [-0.25, -0.2) is 0 Å². The summed E-state index contributed by atoms with van der Waals surface area (Å²) in [5.74, 6) is 0.795. The van der Waals surface area contributed by atoms with Gasteiger partial charge in [0.25, 0.3) is 5.91 Å². The number of aliphatic hydroxyl groups is 1. The molecule has 2 rings (SSSR count). The average Bonchev–Trinajstić information content (AvgIpc) is 2.54. The second kappa shape index (κ2) is 7.47. The molecule has 22 heavy (non-hydrogen) atoms. The number of thioether (sulfide) groups is 1. The highest BCUT2D eigenvalue weighted by molar-refractivity contribution is 7.99. The summed E-state index contributed by atoms with van der Waals surface area (Å²) in [5.41, 5.74) is 0.306. The molecule has 1 unspecified atom stereocenters. The quantitative estimate of drug-likeness (QED) is 0.803. The van der Waals surface area contributed by atoms with Crippen LogP contribution in [0.5, 0.6) is 0 Å². The number of hydrogen-bond acceptors (Lipinski definition) is 3. The van der Waals surface area contributed by atoms with Gasteiger partial charge in [0.1, 0.15) is 5.60 Å². The van der Waals surface area contributed by atoms with Gasteiger partial charge in [-0.2, -0.15) is 0 Å². The van der Waals surface area contributed by atoms with Crippen molar-refractivity contribution in [3.8, 4) is 0 Å². The molecule has 0 saturated heterocycles. The number of benzene rings is 2. The Kier molecular flexibility index (Phi) is 5.63. The van der Waals surface area contributed by atoms with Crippen molar-refractivity contribution in [1.29, 1.82) is 0 Å². The Bertz CT molecular complexity index is 626. The summed E-state index contributed by atoms with van der Waals surface area (Å²) in [6.45, 7) is 3.95. The Labute approximate surface area is 135 Å². The van der Waals surface area contributed by atoms with Crippen LogP contribution in [0.2, 0.25) is 0 Å². The molecular formula is C18H21NO2S. The average molecular weight is 315 g/mol. The van der Waals surface area contributed by atoms with Gasteiger partial charge >= 0.3 is 0 Å². The number of carbonyl (C=O) groups excluding carboxylic acids is 1. The van der Waals surface area contributed by atoms with E-state index >= 15 is 0 Å². The first-order valence-electron chi connectivity index (χ1n) is 7.32. The SMILES string of the molecule is CCSc1cccc(C(=O)NCC(C)(O)c2ccccc2)c1. The van der Waals surface area contributed by atoms with E-state index in [1.165, 1.54) is 0 Å². The highest BCUT2D eigenvalue weighted by Gasteiger charge is 2.23. The zero-order chi connectivity index (χ0) is 16.0. The molecule has 0 aromatic heterocycles. The lowest BCUT2D eigenvalue weighted by Crippen LogP contribution is -2.38. The van der Waals surface area contributed by atoms with Gasteiger partial charge in [0.15, 0.2) is 0 Å². The molecule has 0 spiro atoms. The Hall–Kier alpha value is -1.78. The van der Waals surface area contributed by atoms with Gasteiger partial charge in [-0.05, 0) is 36.4 Å². The van der Waals surface area contributed by atoms with Gasteiger partial charge in [-0.3, -0.25) is 4.79 Å². The Morgan fingerprint density at radius 2 is 1.91 bits per heavy atom. The van der Waals surface area contributed by atoms with Crippen molar-refractivity contribution in [2.75, 3.05) is 12.3 Å². The maximum absolute atomic E-state index is 12.2. The van der Waals surface area contributed by atoms with Crippen LogP contribution in [-0.4, -0.2) is 23.3 Å². The van der Waals surface area contributed by atoms with Crippen LogP contribution in [0.1, 0.15) is 29.8 Å². The molecule has 4 heteroatoms. The van der Waals surface area contributed by atoms with Gasteiger partial charge in [0.2, 0.25) is 0 Å². The number of hydrogen-bond donors (Lipinski definition) is 2. The minimum atomic E-state index is -1.09. The largest absolute Gasteiger partial charge is 0.384 e. The first-order chi connectivity index (χ1) is 10.5. The summed E-state index contributed by atoms with van der Waals surface area (Å²) in [6, 6.07) is 16.9. The highest BCUT2D eigenvalue weighted by Crippen LogP contribution is 2.20. The molecule has 2 aromatic carbocycles. The Morgan fingerprint density at radius 1 is 1.18 bits per heavy atom. The third-order valence-electron chi connectivity index (χ3n) is 3.40. The van der Waals surface area contributed by atoms with E-state index in [0.717, 1.165) is 16.2 Å². The van der Waals surface area contributed by atoms with Crippen LogP contribution < -0.4 is 5.32 Å². The van der Waals surface area contributed by atoms with Crippen LogP contribution in [0.3, 0.4) is 0 Å². The van der Waals surface area contributed by atoms with E-state index in [0.29, 0.717) is 5.56 Å². The molecule has 1 amide bonds. The fourth-order valence-corrected chi connectivity index (χ4v) is 2.87. The topological polar surface area (TPSA) is 49.3 Å². The van der Waals surface area contributed by atoms with Crippen molar-refractivity contribution in [2.24, 2.45) is 0 Å². The van der Waals surface area contributed by atoms with Crippen molar-refractivity contribution in [3.05, 3.63) is 65.7 Å². The second-order valence-electron chi connectivity index (χ2n) is 5.28. The van der Waals surface area contributed by atoms with Crippen LogP contribution >= 0.6 is 11.8 Å². The van der Waals surface area contributed by atoms with E-state index in [2.05, 4.69) is 12.2 Å². The van der Waals surface area contributed by atoms with Gasteiger partial charge in [0.05, 0.1) is 6.54 Å².